The van der Waals surface area contributed by atoms with Gasteiger partial charge >= 0.3 is 0 Å². The first-order valence-corrected chi connectivity index (χ1v) is 9.58. The van der Waals surface area contributed by atoms with E-state index < -0.39 is 10.0 Å². The molecule has 1 aromatic heterocycles. The van der Waals surface area contributed by atoms with Gasteiger partial charge in [-0.25, -0.2) is 8.42 Å². The molecule has 0 radical (unpaired) electrons. The lowest BCUT2D eigenvalue weighted by molar-refractivity contribution is 0.256. The van der Waals surface area contributed by atoms with E-state index in [9.17, 15) is 8.42 Å². The van der Waals surface area contributed by atoms with E-state index in [1.807, 2.05) is 30.5 Å². The average Bonchev–Trinajstić information content (AvgIpc) is 3.02. The highest BCUT2D eigenvalue weighted by atomic mass is 32.2. The summed E-state index contributed by atoms with van der Waals surface area (Å²) in [5.41, 5.74) is 2.19. The van der Waals surface area contributed by atoms with Gasteiger partial charge in [0, 0.05) is 6.54 Å². The smallest absolute Gasteiger partial charge is 0.207 e. The molecule has 0 unspecified atom stereocenters. The molecule has 5 heteroatoms. The minimum Gasteiger partial charge on any atom is -0.207 e. The molecule has 0 N–H and O–H groups in total. The second-order valence-electron chi connectivity index (χ2n) is 5.50. The Morgan fingerprint density at radius 3 is 2.57 bits per heavy atom. The van der Waals surface area contributed by atoms with Crippen molar-refractivity contribution >= 4 is 21.4 Å². The lowest BCUT2D eigenvalue weighted by Crippen LogP contribution is -2.38. The Balaban J connectivity index is 1.97. The highest BCUT2D eigenvalue weighted by molar-refractivity contribution is 7.89. The SMILES string of the molecule is Cc1ccc(S(=O)(=O)N2CCCC[C@@H]2c2ccsc2)cc1. The number of nitrogens with zero attached hydrogens (tertiary/aromatic N) is 1. The number of sulfonamides is 1. The Morgan fingerprint density at radius 2 is 1.90 bits per heavy atom. The van der Waals surface area contributed by atoms with E-state index in [-0.39, 0.29) is 6.04 Å². The van der Waals surface area contributed by atoms with Gasteiger partial charge in [-0.1, -0.05) is 24.1 Å². The fourth-order valence-corrected chi connectivity index (χ4v) is 5.23. The van der Waals surface area contributed by atoms with Crippen LogP contribution >= 0.6 is 11.3 Å². The lowest BCUT2D eigenvalue weighted by atomic mass is 10.0. The second kappa shape index (κ2) is 5.91. The molecular weight excluding hydrogens is 302 g/mol. The Kier molecular flexibility index (Phi) is 4.15. The topological polar surface area (TPSA) is 37.4 Å². The molecule has 3 nitrogen and oxygen atoms in total. The molecule has 1 aromatic carbocycles. The van der Waals surface area contributed by atoms with E-state index in [1.54, 1.807) is 27.8 Å². The normalized spacial score (nSPS) is 20.5. The van der Waals surface area contributed by atoms with E-state index in [1.165, 1.54) is 0 Å². The summed E-state index contributed by atoms with van der Waals surface area (Å²) in [7, 11) is -3.42. The van der Waals surface area contributed by atoms with Crippen molar-refractivity contribution in [3.05, 3.63) is 52.2 Å². The molecule has 1 fully saturated rings. The van der Waals surface area contributed by atoms with Gasteiger partial charge in [-0.2, -0.15) is 15.6 Å². The van der Waals surface area contributed by atoms with Crippen molar-refractivity contribution in [2.75, 3.05) is 6.54 Å². The first-order valence-electron chi connectivity index (χ1n) is 7.19. The van der Waals surface area contributed by atoms with Crippen molar-refractivity contribution in [3.63, 3.8) is 0 Å². The molecular formula is C16H19NO2S2. The number of thiophene rings is 1. The number of piperidine rings is 1. The largest absolute Gasteiger partial charge is 0.243 e. The third-order valence-electron chi connectivity index (χ3n) is 4.01. The number of aryl methyl sites for hydroxylation is 1. The maximum Gasteiger partial charge on any atom is 0.243 e. The van der Waals surface area contributed by atoms with Crippen LogP contribution in [0.5, 0.6) is 0 Å². The van der Waals surface area contributed by atoms with Crippen LogP contribution in [0.25, 0.3) is 0 Å². The molecule has 0 amide bonds. The van der Waals surface area contributed by atoms with Crippen LogP contribution in [0.3, 0.4) is 0 Å². The predicted octanol–water partition coefficient (Wildman–Crippen LogP) is 3.97. The standard InChI is InChI=1S/C16H19NO2S2/c1-13-5-7-15(8-6-13)21(18,19)17-10-3-2-4-16(17)14-9-11-20-12-14/h5-9,11-12,16H,2-4,10H2,1H3/t16-/m1/s1. The van der Waals surface area contributed by atoms with Gasteiger partial charge in [-0.3, -0.25) is 0 Å². The van der Waals surface area contributed by atoms with Crippen molar-refractivity contribution in [3.8, 4) is 0 Å². The number of hydrogen-bond acceptors (Lipinski definition) is 3. The van der Waals surface area contributed by atoms with Crippen LogP contribution in [-0.4, -0.2) is 19.3 Å². The van der Waals surface area contributed by atoms with E-state index in [4.69, 9.17) is 0 Å². The van der Waals surface area contributed by atoms with Gasteiger partial charge in [0.2, 0.25) is 10.0 Å². The number of hydrogen-bond donors (Lipinski definition) is 0. The van der Waals surface area contributed by atoms with Crippen molar-refractivity contribution in [1.82, 2.24) is 4.31 Å². The van der Waals surface area contributed by atoms with Crippen molar-refractivity contribution in [2.24, 2.45) is 0 Å². The molecule has 0 bridgehead atoms. The molecule has 0 spiro atoms. The highest BCUT2D eigenvalue weighted by Gasteiger charge is 2.34. The summed E-state index contributed by atoms with van der Waals surface area (Å²) in [6.07, 6.45) is 2.92. The summed E-state index contributed by atoms with van der Waals surface area (Å²) < 4.78 is 27.6. The third kappa shape index (κ3) is 2.91. The molecule has 0 saturated carbocycles. The van der Waals surface area contributed by atoms with Gasteiger partial charge in [0.1, 0.15) is 0 Å². The first-order chi connectivity index (χ1) is 10.1. The molecule has 3 rings (SSSR count). The van der Waals surface area contributed by atoms with Gasteiger partial charge in [-0.05, 0) is 54.3 Å². The summed E-state index contributed by atoms with van der Waals surface area (Å²) >= 11 is 1.62. The van der Waals surface area contributed by atoms with E-state index >= 15 is 0 Å². The van der Waals surface area contributed by atoms with Gasteiger partial charge in [0.25, 0.3) is 0 Å². The maximum absolute atomic E-state index is 12.9. The van der Waals surface area contributed by atoms with Gasteiger partial charge in [0.15, 0.2) is 0 Å². The van der Waals surface area contributed by atoms with E-state index in [0.717, 1.165) is 30.4 Å². The minimum absolute atomic E-state index is 0.0173. The fraction of sp³-hybridized carbons (Fsp3) is 0.375. The van der Waals surface area contributed by atoms with Crippen LogP contribution in [0.15, 0.2) is 46.0 Å². The quantitative estimate of drug-likeness (QED) is 0.857. The van der Waals surface area contributed by atoms with Crippen LogP contribution in [0, 0.1) is 6.92 Å². The highest BCUT2D eigenvalue weighted by Crippen LogP contribution is 2.36. The molecule has 21 heavy (non-hydrogen) atoms. The molecule has 1 aliphatic heterocycles. The van der Waals surface area contributed by atoms with Gasteiger partial charge < -0.3 is 0 Å². The summed E-state index contributed by atoms with van der Waals surface area (Å²) in [5, 5.41) is 4.08. The molecule has 1 aliphatic rings. The molecule has 2 heterocycles. The van der Waals surface area contributed by atoms with Crippen LogP contribution in [0.4, 0.5) is 0 Å². The minimum atomic E-state index is -3.42. The van der Waals surface area contributed by atoms with Crippen LogP contribution < -0.4 is 0 Å². The molecule has 112 valence electrons. The first kappa shape index (κ1) is 14.8. The van der Waals surface area contributed by atoms with E-state index in [2.05, 4.69) is 5.38 Å². The van der Waals surface area contributed by atoms with Gasteiger partial charge in [-0.15, -0.1) is 0 Å². The van der Waals surface area contributed by atoms with Crippen LogP contribution in [0.1, 0.15) is 36.4 Å². The zero-order chi connectivity index (χ0) is 14.9. The molecule has 2 aromatic rings. The Hall–Kier alpha value is -1.17. The van der Waals surface area contributed by atoms with Crippen molar-refractivity contribution in [2.45, 2.75) is 37.1 Å². The monoisotopic (exact) mass is 321 g/mol. The number of rotatable bonds is 3. The lowest BCUT2D eigenvalue weighted by Gasteiger charge is -2.34. The van der Waals surface area contributed by atoms with Crippen LogP contribution in [0.2, 0.25) is 0 Å². The summed E-state index contributed by atoms with van der Waals surface area (Å²) in [4.78, 5) is 0.398. The zero-order valence-electron chi connectivity index (χ0n) is 12.0. The molecule has 0 aliphatic carbocycles. The predicted molar refractivity (Wildman–Crippen MR) is 86.0 cm³/mol. The number of benzene rings is 1. The molecule has 1 atom stereocenters. The zero-order valence-corrected chi connectivity index (χ0v) is 13.7. The summed E-state index contributed by atoms with van der Waals surface area (Å²) in [5.74, 6) is 0. The molecule has 1 saturated heterocycles. The average molecular weight is 321 g/mol. The third-order valence-corrected chi connectivity index (χ3v) is 6.63. The Morgan fingerprint density at radius 1 is 1.14 bits per heavy atom. The Labute approximate surface area is 130 Å². The van der Waals surface area contributed by atoms with Crippen molar-refractivity contribution < 1.29 is 8.42 Å². The van der Waals surface area contributed by atoms with Crippen molar-refractivity contribution in [1.29, 1.82) is 0 Å². The van der Waals surface area contributed by atoms with Gasteiger partial charge in [0.05, 0.1) is 10.9 Å². The fourth-order valence-electron chi connectivity index (χ4n) is 2.84. The van der Waals surface area contributed by atoms with E-state index in [0.29, 0.717) is 11.4 Å². The van der Waals surface area contributed by atoms with Crippen LogP contribution in [-0.2, 0) is 10.0 Å². The summed E-state index contributed by atoms with van der Waals surface area (Å²) in [6, 6.07) is 9.16. The second-order valence-corrected chi connectivity index (χ2v) is 8.17. The maximum atomic E-state index is 12.9. The summed E-state index contributed by atoms with van der Waals surface area (Å²) in [6.45, 7) is 2.57. The Bertz CT molecular complexity index is 690.